The zero-order valence-corrected chi connectivity index (χ0v) is 7.91. The van der Waals surface area contributed by atoms with Gasteiger partial charge in [0.25, 0.3) is 0 Å². The van der Waals surface area contributed by atoms with Crippen LogP contribution in [0.4, 0.5) is 4.39 Å². The molecule has 0 fully saturated rings. The first-order valence-electron chi connectivity index (χ1n) is 2.92. The van der Waals surface area contributed by atoms with Gasteiger partial charge in [0.1, 0.15) is 5.82 Å². The summed E-state index contributed by atoms with van der Waals surface area (Å²) in [5.74, 6) is -0.329. The van der Waals surface area contributed by atoms with E-state index in [9.17, 15) is 4.39 Å². The molecule has 0 aliphatic rings. The standard InChI is InChI=1S/C8H5BrClF/c1-2-5-3-6(10)4-7(9)8(5)11/h2-4H,1H2. The Labute approximate surface area is 77.8 Å². The molecular weight excluding hydrogens is 230 g/mol. The van der Waals surface area contributed by atoms with Crippen LogP contribution in [0.1, 0.15) is 5.56 Å². The minimum atomic E-state index is -0.329. The van der Waals surface area contributed by atoms with Crippen molar-refractivity contribution in [2.75, 3.05) is 0 Å². The smallest absolute Gasteiger partial charge is 0.144 e. The lowest BCUT2D eigenvalue weighted by molar-refractivity contribution is 0.618. The van der Waals surface area contributed by atoms with Crippen molar-refractivity contribution in [3.63, 3.8) is 0 Å². The molecule has 0 aromatic heterocycles. The Morgan fingerprint density at radius 1 is 1.55 bits per heavy atom. The van der Waals surface area contributed by atoms with Crippen LogP contribution in [-0.2, 0) is 0 Å². The van der Waals surface area contributed by atoms with Crippen LogP contribution < -0.4 is 0 Å². The Bertz CT molecular complexity index is 296. The molecule has 0 heterocycles. The van der Waals surface area contributed by atoms with Crippen molar-refractivity contribution in [2.45, 2.75) is 0 Å². The third kappa shape index (κ3) is 1.82. The van der Waals surface area contributed by atoms with E-state index in [0.717, 1.165) is 0 Å². The maximum Gasteiger partial charge on any atom is 0.144 e. The Hall–Kier alpha value is -0.340. The van der Waals surface area contributed by atoms with E-state index >= 15 is 0 Å². The molecule has 1 aromatic rings. The summed E-state index contributed by atoms with van der Waals surface area (Å²) in [6.07, 6.45) is 1.42. The molecule has 58 valence electrons. The molecular formula is C8H5BrClF. The van der Waals surface area contributed by atoms with Gasteiger partial charge in [-0.1, -0.05) is 24.3 Å². The van der Waals surface area contributed by atoms with E-state index in [2.05, 4.69) is 22.5 Å². The zero-order chi connectivity index (χ0) is 8.43. The molecule has 0 atom stereocenters. The normalized spacial score (nSPS) is 9.73. The van der Waals surface area contributed by atoms with Gasteiger partial charge in [0.2, 0.25) is 0 Å². The number of halogens is 3. The highest BCUT2D eigenvalue weighted by Gasteiger charge is 2.04. The fourth-order valence-corrected chi connectivity index (χ4v) is 1.56. The van der Waals surface area contributed by atoms with Crippen LogP contribution in [0.5, 0.6) is 0 Å². The van der Waals surface area contributed by atoms with E-state index in [0.29, 0.717) is 15.1 Å². The van der Waals surface area contributed by atoms with Gasteiger partial charge in [0, 0.05) is 10.6 Å². The second-order valence-electron chi connectivity index (χ2n) is 1.99. The number of rotatable bonds is 1. The predicted octanol–water partition coefficient (Wildman–Crippen LogP) is 3.88. The first-order chi connectivity index (χ1) is 5.15. The molecule has 11 heavy (non-hydrogen) atoms. The summed E-state index contributed by atoms with van der Waals surface area (Å²) in [7, 11) is 0. The Balaban J connectivity index is 3.35. The van der Waals surface area contributed by atoms with Crippen LogP contribution in [0.25, 0.3) is 6.08 Å². The van der Waals surface area contributed by atoms with Crippen molar-refractivity contribution in [2.24, 2.45) is 0 Å². The largest absolute Gasteiger partial charge is 0.205 e. The summed E-state index contributed by atoms with van der Waals surface area (Å²) >= 11 is 8.69. The summed E-state index contributed by atoms with van der Waals surface area (Å²) in [4.78, 5) is 0. The van der Waals surface area contributed by atoms with Crippen molar-refractivity contribution in [3.05, 3.63) is 39.6 Å². The molecule has 0 unspecified atom stereocenters. The maximum atomic E-state index is 13.0. The fraction of sp³-hybridized carbons (Fsp3) is 0. The van der Waals surface area contributed by atoms with Crippen LogP contribution in [0.15, 0.2) is 23.2 Å². The van der Waals surface area contributed by atoms with Crippen molar-refractivity contribution in [1.29, 1.82) is 0 Å². The summed E-state index contributed by atoms with van der Waals surface area (Å²) in [6.45, 7) is 3.45. The average molecular weight is 235 g/mol. The van der Waals surface area contributed by atoms with Crippen molar-refractivity contribution in [1.82, 2.24) is 0 Å². The van der Waals surface area contributed by atoms with Gasteiger partial charge in [0.15, 0.2) is 0 Å². The van der Waals surface area contributed by atoms with Crippen molar-refractivity contribution >= 4 is 33.6 Å². The molecule has 0 saturated carbocycles. The Morgan fingerprint density at radius 2 is 2.18 bits per heavy atom. The van der Waals surface area contributed by atoms with Gasteiger partial charge >= 0.3 is 0 Å². The van der Waals surface area contributed by atoms with Gasteiger partial charge < -0.3 is 0 Å². The number of benzene rings is 1. The number of hydrogen-bond acceptors (Lipinski definition) is 0. The molecule has 3 heteroatoms. The summed E-state index contributed by atoms with van der Waals surface area (Å²) in [5, 5.41) is 0.494. The highest BCUT2D eigenvalue weighted by molar-refractivity contribution is 9.10. The monoisotopic (exact) mass is 234 g/mol. The highest BCUT2D eigenvalue weighted by atomic mass is 79.9. The second-order valence-corrected chi connectivity index (χ2v) is 3.29. The SMILES string of the molecule is C=Cc1cc(Cl)cc(Br)c1F. The van der Waals surface area contributed by atoms with E-state index in [1.807, 2.05) is 0 Å². The molecule has 0 spiro atoms. The fourth-order valence-electron chi connectivity index (χ4n) is 0.724. The molecule has 1 rings (SSSR count). The lowest BCUT2D eigenvalue weighted by Gasteiger charge is -1.99. The molecule has 0 bridgehead atoms. The van der Waals surface area contributed by atoms with Gasteiger partial charge in [-0.2, -0.15) is 0 Å². The first-order valence-corrected chi connectivity index (χ1v) is 4.09. The van der Waals surface area contributed by atoms with Crippen LogP contribution in [-0.4, -0.2) is 0 Å². The summed E-state index contributed by atoms with van der Waals surface area (Å²) < 4.78 is 13.4. The lowest BCUT2D eigenvalue weighted by Crippen LogP contribution is -1.83. The molecule has 0 amide bonds. The highest BCUT2D eigenvalue weighted by Crippen LogP contribution is 2.24. The molecule has 0 radical (unpaired) electrons. The van der Waals surface area contributed by atoms with E-state index in [1.165, 1.54) is 18.2 Å². The van der Waals surface area contributed by atoms with Gasteiger partial charge in [0.05, 0.1) is 4.47 Å². The average Bonchev–Trinajstić information content (AvgIpc) is 1.96. The van der Waals surface area contributed by atoms with Crippen molar-refractivity contribution in [3.8, 4) is 0 Å². The van der Waals surface area contributed by atoms with E-state index < -0.39 is 0 Å². The molecule has 0 aliphatic heterocycles. The third-order valence-electron chi connectivity index (χ3n) is 1.24. The van der Waals surface area contributed by atoms with Crippen LogP contribution >= 0.6 is 27.5 Å². The van der Waals surface area contributed by atoms with E-state index in [-0.39, 0.29) is 5.82 Å². The first kappa shape index (κ1) is 8.75. The molecule has 0 aliphatic carbocycles. The van der Waals surface area contributed by atoms with Crippen LogP contribution in [0, 0.1) is 5.82 Å². The number of hydrogen-bond donors (Lipinski definition) is 0. The third-order valence-corrected chi connectivity index (χ3v) is 2.04. The van der Waals surface area contributed by atoms with Gasteiger partial charge in [-0.15, -0.1) is 0 Å². The molecule has 0 saturated heterocycles. The predicted molar refractivity (Wildman–Crippen MR) is 49.2 cm³/mol. The second kappa shape index (κ2) is 3.37. The Kier molecular flexibility index (Phi) is 2.68. The van der Waals surface area contributed by atoms with Gasteiger partial charge in [-0.3, -0.25) is 0 Å². The van der Waals surface area contributed by atoms with Crippen LogP contribution in [0.2, 0.25) is 5.02 Å². The minimum absolute atomic E-state index is 0.329. The molecule has 0 nitrogen and oxygen atoms in total. The lowest BCUT2D eigenvalue weighted by atomic mass is 10.2. The van der Waals surface area contributed by atoms with Gasteiger partial charge in [-0.05, 0) is 28.1 Å². The topological polar surface area (TPSA) is 0 Å². The maximum absolute atomic E-state index is 13.0. The molecule has 0 N–H and O–H groups in total. The quantitative estimate of drug-likeness (QED) is 0.648. The summed E-state index contributed by atoms with van der Waals surface area (Å²) in [5.41, 5.74) is 0.407. The zero-order valence-electron chi connectivity index (χ0n) is 5.57. The Morgan fingerprint density at radius 3 is 2.73 bits per heavy atom. The van der Waals surface area contributed by atoms with Crippen LogP contribution in [0.3, 0.4) is 0 Å². The molecule has 1 aromatic carbocycles. The summed E-state index contributed by atoms with van der Waals surface area (Å²) in [6, 6.07) is 3.03. The van der Waals surface area contributed by atoms with Crippen molar-refractivity contribution < 1.29 is 4.39 Å². The van der Waals surface area contributed by atoms with E-state index in [1.54, 1.807) is 0 Å². The minimum Gasteiger partial charge on any atom is -0.205 e. The van der Waals surface area contributed by atoms with Gasteiger partial charge in [-0.25, -0.2) is 4.39 Å². The van der Waals surface area contributed by atoms with E-state index in [4.69, 9.17) is 11.6 Å².